The number of benzene rings is 1. The molecule has 1 aromatic rings. The monoisotopic (exact) mass is 221 g/mol. The first-order chi connectivity index (χ1) is 7.68. The molecule has 0 aliphatic heterocycles. The van der Waals surface area contributed by atoms with Crippen LogP contribution in [0, 0.1) is 0 Å². The lowest BCUT2D eigenvalue weighted by molar-refractivity contribution is -0.100. The van der Waals surface area contributed by atoms with Gasteiger partial charge in [0.2, 0.25) is 0 Å². The summed E-state index contributed by atoms with van der Waals surface area (Å²) in [7, 11) is 3.31. The largest absolute Gasteiger partial charge is 0.356 e. The Bertz CT molecular complexity index is 339. The second-order valence-corrected chi connectivity index (χ2v) is 4.46. The molecule has 3 nitrogen and oxygen atoms in total. The molecule has 0 spiro atoms. The number of ether oxygens (including phenoxy) is 2. The second kappa shape index (κ2) is 4.53. The van der Waals surface area contributed by atoms with E-state index in [2.05, 4.69) is 24.3 Å². The van der Waals surface area contributed by atoms with Gasteiger partial charge in [0.25, 0.3) is 0 Å². The second-order valence-electron chi connectivity index (χ2n) is 4.46. The van der Waals surface area contributed by atoms with Crippen molar-refractivity contribution in [3.8, 4) is 0 Å². The van der Waals surface area contributed by atoms with E-state index in [1.807, 2.05) is 0 Å². The summed E-state index contributed by atoms with van der Waals surface area (Å²) >= 11 is 0. The van der Waals surface area contributed by atoms with Gasteiger partial charge in [0, 0.05) is 26.2 Å². The molecule has 1 saturated carbocycles. The lowest BCUT2D eigenvalue weighted by Gasteiger charge is -2.14. The third kappa shape index (κ3) is 2.43. The van der Waals surface area contributed by atoms with Gasteiger partial charge in [-0.3, -0.25) is 0 Å². The van der Waals surface area contributed by atoms with Gasteiger partial charge in [0.15, 0.2) is 6.29 Å². The molecular weight excluding hydrogens is 202 g/mol. The van der Waals surface area contributed by atoms with Crippen molar-refractivity contribution < 1.29 is 9.47 Å². The van der Waals surface area contributed by atoms with Crippen molar-refractivity contribution >= 4 is 0 Å². The Morgan fingerprint density at radius 2 is 1.75 bits per heavy atom. The molecule has 1 aromatic carbocycles. The molecule has 1 aliphatic carbocycles. The molecule has 3 heteroatoms. The summed E-state index contributed by atoms with van der Waals surface area (Å²) < 4.78 is 10.3. The zero-order valence-corrected chi connectivity index (χ0v) is 9.90. The molecule has 0 atom stereocenters. The third-order valence-corrected chi connectivity index (χ3v) is 3.25. The highest BCUT2D eigenvalue weighted by atomic mass is 16.7. The maximum absolute atomic E-state index is 6.12. The van der Waals surface area contributed by atoms with Crippen LogP contribution < -0.4 is 5.73 Å². The summed E-state index contributed by atoms with van der Waals surface area (Å²) in [6.45, 7) is 0. The molecule has 0 unspecified atom stereocenters. The van der Waals surface area contributed by atoms with E-state index in [-0.39, 0.29) is 11.8 Å². The van der Waals surface area contributed by atoms with E-state index in [4.69, 9.17) is 15.2 Å². The van der Waals surface area contributed by atoms with Crippen molar-refractivity contribution in [2.75, 3.05) is 14.2 Å². The lowest BCUT2D eigenvalue weighted by Crippen LogP contribution is -2.19. The normalized spacial score (nSPS) is 17.8. The van der Waals surface area contributed by atoms with Crippen LogP contribution in [0.4, 0.5) is 0 Å². The summed E-state index contributed by atoms with van der Waals surface area (Å²) in [4.78, 5) is 0. The number of nitrogens with two attached hydrogens (primary N) is 1. The number of rotatable bonds is 5. The Kier molecular flexibility index (Phi) is 3.28. The van der Waals surface area contributed by atoms with Gasteiger partial charge in [-0.05, 0) is 24.0 Å². The van der Waals surface area contributed by atoms with E-state index in [1.54, 1.807) is 14.2 Å². The van der Waals surface area contributed by atoms with E-state index in [0.29, 0.717) is 0 Å². The minimum absolute atomic E-state index is 0.0412. The van der Waals surface area contributed by atoms with Crippen LogP contribution in [-0.2, 0) is 21.4 Å². The molecular formula is C13H19NO2. The zero-order chi connectivity index (χ0) is 11.6. The first-order valence-corrected chi connectivity index (χ1v) is 5.62. The van der Waals surface area contributed by atoms with Crippen LogP contribution in [-0.4, -0.2) is 20.5 Å². The number of hydrogen-bond acceptors (Lipinski definition) is 3. The summed E-state index contributed by atoms with van der Waals surface area (Å²) in [5, 5.41) is 0. The quantitative estimate of drug-likeness (QED) is 0.771. The summed E-state index contributed by atoms with van der Waals surface area (Å²) in [6.07, 6.45) is 2.81. The smallest absolute Gasteiger partial charge is 0.160 e. The fourth-order valence-corrected chi connectivity index (χ4v) is 1.85. The number of hydrogen-bond donors (Lipinski definition) is 1. The zero-order valence-electron chi connectivity index (χ0n) is 9.90. The van der Waals surface area contributed by atoms with Crippen LogP contribution in [0.2, 0.25) is 0 Å². The van der Waals surface area contributed by atoms with Gasteiger partial charge in [-0.1, -0.05) is 24.3 Å². The maximum atomic E-state index is 6.12. The van der Waals surface area contributed by atoms with Crippen LogP contribution in [0.3, 0.4) is 0 Å². The van der Waals surface area contributed by atoms with Crippen LogP contribution in [0.25, 0.3) is 0 Å². The first kappa shape index (κ1) is 11.6. The SMILES string of the molecule is COC(Cc1ccc(C2(N)CC2)cc1)OC. The highest BCUT2D eigenvalue weighted by Crippen LogP contribution is 2.42. The topological polar surface area (TPSA) is 44.5 Å². The minimum Gasteiger partial charge on any atom is -0.356 e. The predicted molar refractivity (Wildman–Crippen MR) is 63.1 cm³/mol. The molecule has 16 heavy (non-hydrogen) atoms. The molecule has 1 aliphatic rings. The van der Waals surface area contributed by atoms with Crippen molar-refractivity contribution in [3.63, 3.8) is 0 Å². The molecule has 0 aromatic heterocycles. The molecule has 88 valence electrons. The van der Waals surface area contributed by atoms with Gasteiger partial charge in [-0.15, -0.1) is 0 Å². The molecule has 0 saturated heterocycles. The van der Waals surface area contributed by atoms with Crippen molar-refractivity contribution in [2.24, 2.45) is 5.73 Å². The fourth-order valence-electron chi connectivity index (χ4n) is 1.85. The van der Waals surface area contributed by atoms with E-state index in [0.717, 1.165) is 19.3 Å². The number of methoxy groups -OCH3 is 2. The highest BCUT2D eigenvalue weighted by Gasteiger charge is 2.39. The molecule has 0 radical (unpaired) electrons. The van der Waals surface area contributed by atoms with Crippen molar-refractivity contribution in [1.82, 2.24) is 0 Å². The molecule has 0 amide bonds. The van der Waals surface area contributed by atoms with E-state index in [9.17, 15) is 0 Å². The van der Waals surface area contributed by atoms with Crippen LogP contribution >= 0.6 is 0 Å². The fraction of sp³-hybridized carbons (Fsp3) is 0.538. The van der Waals surface area contributed by atoms with Gasteiger partial charge >= 0.3 is 0 Å². The Morgan fingerprint density at radius 1 is 1.19 bits per heavy atom. The lowest BCUT2D eigenvalue weighted by atomic mass is 10.0. The van der Waals surface area contributed by atoms with Gasteiger partial charge in [-0.2, -0.15) is 0 Å². The van der Waals surface area contributed by atoms with Crippen LogP contribution in [0.1, 0.15) is 24.0 Å². The highest BCUT2D eigenvalue weighted by molar-refractivity contribution is 5.32. The Hall–Kier alpha value is -0.900. The average Bonchev–Trinajstić information content (AvgIpc) is 3.06. The average molecular weight is 221 g/mol. The summed E-state index contributed by atoms with van der Waals surface area (Å²) in [6, 6.07) is 8.44. The van der Waals surface area contributed by atoms with Gasteiger partial charge in [0.05, 0.1) is 0 Å². The molecule has 0 bridgehead atoms. The van der Waals surface area contributed by atoms with E-state index < -0.39 is 0 Å². The summed E-state index contributed by atoms with van der Waals surface area (Å²) in [5.74, 6) is 0. The van der Waals surface area contributed by atoms with Crippen LogP contribution in [0.5, 0.6) is 0 Å². The van der Waals surface area contributed by atoms with Gasteiger partial charge in [0.1, 0.15) is 0 Å². The Morgan fingerprint density at radius 3 is 2.19 bits per heavy atom. The predicted octanol–water partition coefficient (Wildman–Crippen LogP) is 1.80. The molecule has 2 N–H and O–H groups in total. The minimum atomic E-state index is -0.168. The molecule has 1 fully saturated rings. The molecule has 0 heterocycles. The Balaban J connectivity index is 2.02. The van der Waals surface area contributed by atoms with Crippen molar-refractivity contribution in [3.05, 3.63) is 35.4 Å². The first-order valence-electron chi connectivity index (χ1n) is 5.62. The maximum Gasteiger partial charge on any atom is 0.160 e. The molecule has 2 rings (SSSR count). The van der Waals surface area contributed by atoms with Crippen LogP contribution in [0.15, 0.2) is 24.3 Å². The van der Waals surface area contributed by atoms with E-state index >= 15 is 0 Å². The van der Waals surface area contributed by atoms with E-state index in [1.165, 1.54) is 11.1 Å². The van der Waals surface area contributed by atoms with Crippen molar-refractivity contribution in [1.29, 1.82) is 0 Å². The van der Waals surface area contributed by atoms with Gasteiger partial charge in [-0.25, -0.2) is 0 Å². The Labute approximate surface area is 96.5 Å². The summed E-state index contributed by atoms with van der Waals surface area (Å²) in [5.41, 5.74) is 8.53. The van der Waals surface area contributed by atoms with Gasteiger partial charge < -0.3 is 15.2 Å². The standard InChI is InChI=1S/C13H19NO2/c1-15-12(16-2)9-10-3-5-11(6-4-10)13(14)7-8-13/h3-6,12H,7-9,14H2,1-2H3. The van der Waals surface area contributed by atoms with Crippen molar-refractivity contribution in [2.45, 2.75) is 31.1 Å². The third-order valence-electron chi connectivity index (χ3n) is 3.25.